The van der Waals surface area contributed by atoms with Gasteiger partial charge in [-0.15, -0.1) is 10.2 Å². The second-order valence-corrected chi connectivity index (χ2v) is 7.52. The van der Waals surface area contributed by atoms with Gasteiger partial charge in [-0.3, -0.25) is 0 Å². The van der Waals surface area contributed by atoms with E-state index in [0.717, 1.165) is 31.6 Å². The number of aromatic nitrogens is 2. The van der Waals surface area contributed by atoms with Gasteiger partial charge in [-0.25, -0.2) is 0 Å². The van der Waals surface area contributed by atoms with E-state index in [4.69, 9.17) is 11.6 Å². The highest BCUT2D eigenvalue weighted by molar-refractivity contribution is 9.10. The minimum Gasteiger partial charge on any atom is -0.354 e. The van der Waals surface area contributed by atoms with Crippen molar-refractivity contribution < 1.29 is 0 Å². The molecule has 1 atom stereocenters. The van der Waals surface area contributed by atoms with E-state index >= 15 is 0 Å². The standard InChI is InChI=1S/C14H17BrClN3S/c1-8(2)6-13-18-19-14(20-13)17-9(3)11-5-4-10(15)7-12(11)16/h4-5,7-9H,6H2,1-3H3,(H,17,19). The molecule has 0 fully saturated rings. The van der Waals surface area contributed by atoms with E-state index in [1.807, 2.05) is 18.2 Å². The van der Waals surface area contributed by atoms with E-state index in [0.29, 0.717) is 5.92 Å². The van der Waals surface area contributed by atoms with Crippen LogP contribution in [0.15, 0.2) is 22.7 Å². The van der Waals surface area contributed by atoms with E-state index in [2.05, 4.69) is 52.2 Å². The molecule has 3 nitrogen and oxygen atoms in total. The van der Waals surface area contributed by atoms with Crippen molar-refractivity contribution in [3.63, 3.8) is 0 Å². The van der Waals surface area contributed by atoms with Crippen molar-refractivity contribution in [1.82, 2.24) is 10.2 Å². The van der Waals surface area contributed by atoms with E-state index < -0.39 is 0 Å². The highest BCUT2D eigenvalue weighted by Gasteiger charge is 2.13. The molecule has 108 valence electrons. The molecule has 2 rings (SSSR count). The van der Waals surface area contributed by atoms with Crippen LogP contribution in [0.25, 0.3) is 0 Å². The summed E-state index contributed by atoms with van der Waals surface area (Å²) in [6, 6.07) is 6.00. The largest absolute Gasteiger partial charge is 0.354 e. The van der Waals surface area contributed by atoms with Gasteiger partial charge >= 0.3 is 0 Å². The van der Waals surface area contributed by atoms with Gasteiger partial charge in [0.2, 0.25) is 5.13 Å². The van der Waals surface area contributed by atoms with Crippen molar-refractivity contribution in [2.75, 3.05) is 5.32 Å². The van der Waals surface area contributed by atoms with E-state index in [1.165, 1.54) is 0 Å². The van der Waals surface area contributed by atoms with Crippen LogP contribution in [0.1, 0.15) is 37.4 Å². The molecule has 0 saturated heterocycles. The molecule has 1 N–H and O–H groups in total. The maximum Gasteiger partial charge on any atom is 0.206 e. The number of hydrogen-bond donors (Lipinski definition) is 1. The molecule has 0 aliphatic rings. The Morgan fingerprint density at radius 2 is 2.05 bits per heavy atom. The van der Waals surface area contributed by atoms with Gasteiger partial charge in [-0.05, 0) is 30.5 Å². The van der Waals surface area contributed by atoms with Gasteiger partial charge in [-0.2, -0.15) is 0 Å². The van der Waals surface area contributed by atoms with Crippen molar-refractivity contribution in [1.29, 1.82) is 0 Å². The van der Waals surface area contributed by atoms with E-state index in [-0.39, 0.29) is 6.04 Å². The quantitative estimate of drug-likeness (QED) is 0.769. The molecule has 1 aromatic heterocycles. The van der Waals surface area contributed by atoms with Crippen LogP contribution in [-0.4, -0.2) is 10.2 Å². The first-order chi connectivity index (χ1) is 9.45. The summed E-state index contributed by atoms with van der Waals surface area (Å²) in [6.45, 7) is 6.43. The Morgan fingerprint density at radius 1 is 1.30 bits per heavy atom. The Balaban J connectivity index is 2.07. The van der Waals surface area contributed by atoms with Crippen LogP contribution in [-0.2, 0) is 6.42 Å². The number of anilines is 1. The average molecular weight is 375 g/mol. The molecule has 2 aromatic rings. The Morgan fingerprint density at radius 3 is 2.70 bits per heavy atom. The van der Waals surface area contributed by atoms with Gasteiger partial charge in [0.25, 0.3) is 0 Å². The van der Waals surface area contributed by atoms with Crippen molar-refractivity contribution in [3.8, 4) is 0 Å². The normalized spacial score (nSPS) is 12.7. The molecular formula is C14H17BrClN3S. The van der Waals surface area contributed by atoms with Crippen LogP contribution in [0.5, 0.6) is 0 Å². The molecule has 1 aromatic carbocycles. The molecular weight excluding hydrogens is 358 g/mol. The molecule has 1 unspecified atom stereocenters. The Hall–Kier alpha value is -0.650. The fourth-order valence-electron chi connectivity index (χ4n) is 1.86. The third-order valence-corrected chi connectivity index (χ3v) is 4.52. The number of benzene rings is 1. The summed E-state index contributed by atoms with van der Waals surface area (Å²) in [5.41, 5.74) is 1.05. The van der Waals surface area contributed by atoms with Crippen molar-refractivity contribution in [2.24, 2.45) is 5.92 Å². The number of rotatable bonds is 5. The van der Waals surface area contributed by atoms with E-state index in [9.17, 15) is 0 Å². The summed E-state index contributed by atoms with van der Waals surface area (Å²) in [7, 11) is 0. The lowest BCUT2D eigenvalue weighted by Crippen LogP contribution is -2.06. The van der Waals surface area contributed by atoms with Crippen LogP contribution in [0, 0.1) is 5.92 Å². The first-order valence-corrected chi connectivity index (χ1v) is 8.48. The number of nitrogens with one attached hydrogen (secondary N) is 1. The monoisotopic (exact) mass is 373 g/mol. The summed E-state index contributed by atoms with van der Waals surface area (Å²) in [5, 5.41) is 14.4. The lowest BCUT2D eigenvalue weighted by molar-refractivity contribution is 0.640. The van der Waals surface area contributed by atoms with Gasteiger partial charge in [0.15, 0.2) is 0 Å². The van der Waals surface area contributed by atoms with Crippen molar-refractivity contribution in [2.45, 2.75) is 33.2 Å². The Kier molecular flexibility index (Phi) is 5.41. The summed E-state index contributed by atoms with van der Waals surface area (Å²) in [4.78, 5) is 0. The van der Waals surface area contributed by atoms with Crippen molar-refractivity contribution in [3.05, 3.63) is 38.3 Å². The number of hydrogen-bond acceptors (Lipinski definition) is 4. The minimum atomic E-state index is 0.0930. The van der Waals surface area contributed by atoms with Crippen LogP contribution >= 0.6 is 38.9 Å². The summed E-state index contributed by atoms with van der Waals surface area (Å²) >= 11 is 11.3. The lowest BCUT2D eigenvalue weighted by Gasteiger charge is -2.14. The van der Waals surface area contributed by atoms with Gasteiger partial charge < -0.3 is 5.32 Å². The van der Waals surface area contributed by atoms with E-state index in [1.54, 1.807) is 11.3 Å². The Labute approximate surface area is 136 Å². The number of halogens is 2. The first-order valence-electron chi connectivity index (χ1n) is 6.49. The average Bonchev–Trinajstić information content (AvgIpc) is 2.75. The fraction of sp³-hybridized carbons (Fsp3) is 0.429. The highest BCUT2D eigenvalue weighted by Crippen LogP contribution is 2.29. The van der Waals surface area contributed by atoms with Crippen LogP contribution in [0.4, 0.5) is 5.13 Å². The molecule has 0 bridgehead atoms. The molecule has 0 aliphatic carbocycles. The predicted octanol–water partition coefficient (Wildman–Crippen LogP) is 5.33. The second-order valence-electron chi connectivity index (χ2n) is 5.13. The molecule has 6 heteroatoms. The molecule has 0 aliphatic heterocycles. The van der Waals surface area contributed by atoms with Gasteiger partial charge in [0.05, 0.1) is 6.04 Å². The maximum atomic E-state index is 6.26. The maximum absolute atomic E-state index is 6.26. The van der Waals surface area contributed by atoms with Crippen LogP contribution in [0.3, 0.4) is 0 Å². The summed E-state index contributed by atoms with van der Waals surface area (Å²) in [5.74, 6) is 0.592. The SMILES string of the molecule is CC(C)Cc1nnc(NC(C)c2ccc(Br)cc2Cl)s1. The Bertz CT molecular complexity index is 586. The van der Waals surface area contributed by atoms with Gasteiger partial charge in [0, 0.05) is 15.9 Å². The molecule has 0 radical (unpaired) electrons. The zero-order valence-electron chi connectivity index (χ0n) is 11.7. The number of nitrogens with zero attached hydrogens (tertiary/aromatic N) is 2. The van der Waals surface area contributed by atoms with Crippen LogP contribution < -0.4 is 5.32 Å². The first kappa shape index (κ1) is 15.7. The summed E-state index contributed by atoms with van der Waals surface area (Å²) < 4.78 is 0.980. The minimum absolute atomic E-state index is 0.0930. The van der Waals surface area contributed by atoms with Crippen LogP contribution in [0.2, 0.25) is 5.02 Å². The topological polar surface area (TPSA) is 37.8 Å². The smallest absolute Gasteiger partial charge is 0.206 e. The highest BCUT2D eigenvalue weighted by atomic mass is 79.9. The summed E-state index contributed by atoms with van der Waals surface area (Å²) in [6.07, 6.45) is 0.965. The zero-order valence-corrected chi connectivity index (χ0v) is 14.8. The third-order valence-electron chi connectivity index (χ3n) is 2.82. The second kappa shape index (κ2) is 6.87. The van der Waals surface area contributed by atoms with Gasteiger partial charge in [0.1, 0.15) is 5.01 Å². The lowest BCUT2D eigenvalue weighted by atomic mass is 10.1. The zero-order chi connectivity index (χ0) is 14.7. The third kappa shape index (κ3) is 4.17. The molecule has 0 saturated carbocycles. The predicted molar refractivity (Wildman–Crippen MR) is 89.6 cm³/mol. The molecule has 20 heavy (non-hydrogen) atoms. The molecule has 0 spiro atoms. The fourth-order valence-corrected chi connectivity index (χ4v) is 3.74. The van der Waals surface area contributed by atoms with Gasteiger partial charge in [-0.1, -0.05) is 58.8 Å². The molecule has 0 amide bonds. The molecule has 1 heterocycles. The van der Waals surface area contributed by atoms with Crippen molar-refractivity contribution >= 4 is 44.0 Å².